The number of rotatable bonds is 6. The zero-order valence-corrected chi connectivity index (χ0v) is 16.7. The summed E-state index contributed by atoms with van der Waals surface area (Å²) in [6.45, 7) is 4.21. The molecule has 0 aliphatic rings. The molecule has 0 aliphatic heterocycles. The number of anilines is 1. The van der Waals surface area contributed by atoms with E-state index in [2.05, 4.69) is 34.5 Å². The molecule has 0 radical (unpaired) electrons. The highest BCUT2D eigenvalue weighted by molar-refractivity contribution is 7.19. The highest BCUT2D eigenvalue weighted by Crippen LogP contribution is 2.27. The van der Waals surface area contributed by atoms with Gasteiger partial charge in [0.15, 0.2) is 5.82 Å². The summed E-state index contributed by atoms with van der Waals surface area (Å²) in [7, 11) is 0. The second-order valence-electron chi connectivity index (χ2n) is 6.55. The lowest BCUT2D eigenvalue weighted by Gasteiger charge is -2.06. The van der Waals surface area contributed by atoms with Gasteiger partial charge in [-0.25, -0.2) is 0 Å². The molecular formula is C21H21N5OS. The van der Waals surface area contributed by atoms with Gasteiger partial charge in [-0.2, -0.15) is 9.61 Å². The Bertz CT molecular complexity index is 1100. The molecule has 0 saturated carbocycles. The molecule has 6 nitrogen and oxygen atoms in total. The Kier molecular flexibility index (Phi) is 5.16. The predicted molar refractivity (Wildman–Crippen MR) is 112 cm³/mol. The van der Waals surface area contributed by atoms with Gasteiger partial charge in [0.05, 0.1) is 0 Å². The largest absolute Gasteiger partial charge is 0.322 e. The fourth-order valence-corrected chi connectivity index (χ4v) is 3.81. The Balaban J connectivity index is 1.49. The van der Waals surface area contributed by atoms with Gasteiger partial charge in [0.2, 0.25) is 4.96 Å². The van der Waals surface area contributed by atoms with Crippen LogP contribution < -0.4 is 5.32 Å². The van der Waals surface area contributed by atoms with Crippen molar-refractivity contribution in [2.45, 2.75) is 33.1 Å². The quantitative estimate of drug-likeness (QED) is 0.520. The summed E-state index contributed by atoms with van der Waals surface area (Å²) in [5, 5.41) is 16.8. The third kappa shape index (κ3) is 3.66. The number of benzene rings is 2. The average Bonchev–Trinajstić information content (AvgIpc) is 3.31. The monoisotopic (exact) mass is 391 g/mol. The second-order valence-corrected chi connectivity index (χ2v) is 7.51. The van der Waals surface area contributed by atoms with E-state index >= 15 is 0 Å². The molecule has 1 N–H and O–H groups in total. The van der Waals surface area contributed by atoms with Crippen LogP contribution in [0.5, 0.6) is 0 Å². The first-order chi connectivity index (χ1) is 13.7. The minimum absolute atomic E-state index is 0.113. The number of carbonyl (C=O) groups excluding carboxylic acids is 1. The van der Waals surface area contributed by atoms with Gasteiger partial charge in [-0.15, -0.1) is 10.2 Å². The fraction of sp³-hybridized carbons (Fsp3) is 0.238. The maximum atomic E-state index is 12.4. The molecule has 0 unspecified atom stereocenters. The van der Waals surface area contributed by atoms with Crippen LogP contribution >= 0.6 is 11.3 Å². The third-order valence-electron chi connectivity index (χ3n) is 4.54. The van der Waals surface area contributed by atoms with E-state index in [-0.39, 0.29) is 5.91 Å². The first-order valence-electron chi connectivity index (χ1n) is 9.39. The smallest absolute Gasteiger partial charge is 0.255 e. The summed E-state index contributed by atoms with van der Waals surface area (Å²) in [6, 6.07) is 15.4. The Morgan fingerprint density at radius 1 is 1.04 bits per heavy atom. The van der Waals surface area contributed by atoms with Crippen molar-refractivity contribution < 1.29 is 4.79 Å². The van der Waals surface area contributed by atoms with Gasteiger partial charge in [-0.1, -0.05) is 37.3 Å². The summed E-state index contributed by atoms with van der Waals surface area (Å²) in [4.78, 5) is 13.2. The van der Waals surface area contributed by atoms with E-state index in [0.29, 0.717) is 5.56 Å². The number of hydrogen-bond donors (Lipinski definition) is 1. The second kappa shape index (κ2) is 7.90. The van der Waals surface area contributed by atoms with E-state index in [4.69, 9.17) is 0 Å². The highest BCUT2D eigenvalue weighted by Gasteiger charge is 2.13. The van der Waals surface area contributed by atoms with Gasteiger partial charge in [0.1, 0.15) is 5.01 Å². The van der Waals surface area contributed by atoms with E-state index < -0.39 is 0 Å². The molecule has 7 heteroatoms. The van der Waals surface area contributed by atoms with Crippen LogP contribution in [-0.4, -0.2) is 25.7 Å². The van der Waals surface area contributed by atoms with Crippen LogP contribution in [0.4, 0.5) is 5.69 Å². The van der Waals surface area contributed by atoms with E-state index in [1.807, 2.05) is 53.0 Å². The number of hydrogen-bond acceptors (Lipinski definition) is 5. The molecule has 0 bridgehead atoms. The lowest BCUT2D eigenvalue weighted by atomic mass is 10.1. The van der Waals surface area contributed by atoms with Crippen molar-refractivity contribution in [2.75, 3.05) is 5.32 Å². The Labute approximate surface area is 167 Å². The molecule has 0 aliphatic carbocycles. The fourth-order valence-electron chi connectivity index (χ4n) is 2.94. The molecule has 0 spiro atoms. The number of fused-ring (bicyclic) bond motifs is 1. The molecular weight excluding hydrogens is 370 g/mol. The average molecular weight is 392 g/mol. The molecule has 1 amide bonds. The van der Waals surface area contributed by atoms with Crippen molar-refractivity contribution in [3.8, 4) is 10.6 Å². The summed E-state index contributed by atoms with van der Waals surface area (Å²) in [6.07, 6.45) is 2.82. The summed E-state index contributed by atoms with van der Waals surface area (Å²) < 4.78 is 1.82. The molecule has 2 aromatic carbocycles. The Morgan fingerprint density at radius 3 is 2.46 bits per heavy atom. The first kappa shape index (κ1) is 18.3. The molecule has 2 aromatic heterocycles. The first-order valence-corrected chi connectivity index (χ1v) is 10.2. The van der Waals surface area contributed by atoms with E-state index in [1.165, 1.54) is 16.9 Å². The van der Waals surface area contributed by atoms with Crippen LogP contribution in [0.2, 0.25) is 0 Å². The lowest BCUT2D eigenvalue weighted by molar-refractivity contribution is 0.102. The minimum Gasteiger partial charge on any atom is -0.322 e. The van der Waals surface area contributed by atoms with Gasteiger partial charge in [-0.05, 0) is 54.8 Å². The van der Waals surface area contributed by atoms with Gasteiger partial charge in [0.25, 0.3) is 5.91 Å². The number of nitrogens with one attached hydrogen (secondary N) is 1. The summed E-state index contributed by atoms with van der Waals surface area (Å²) in [5.41, 5.74) is 3.61. The number of aryl methyl sites for hydroxylation is 2. The van der Waals surface area contributed by atoms with Crippen LogP contribution in [-0.2, 0) is 12.8 Å². The van der Waals surface area contributed by atoms with Crippen molar-refractivity contribution in [3.05, 3.63) is 65.5 Å². The summed E-state index contributed by atoms with van der Waals surface area (Å²) >= 11 is 1.51. The van der Waals surface area contributed by atoms with E-state index in [9.17, 15) is 4.79 Å². The maximum absolute atomic E-state index is 12.4. The molecule has 0 atom stereocenters. The van der Waals surface area contributed by atoms with Crippen LogP contribution in [0.1, 0.15) is 42.0 Å². The van der Waals surface area contributed by atoms with Crippen molar-refractivity contribution >= 4 is 27.9 Å². The highest BCUT2D eigenvalue weighted by atomic mass is 32.1. The standard InChI is InChI=1S/C21H21N5OS/c1-3-5-18-23-24-21-26(18)25-20(28-21)16-10-12-17(13-11-16)22-19(27)15-8-6-14(4-2)7-9-15/h6-13H,3-5H2,1-2H3,(H,22,27). The Hall–Kier alpha value is -3.06. The van der Waals surface area contributed by atoms with Crippen LogP contribution in [0.25, 0.3) is 15.5 Å². The van der Waals surface area contributed by atoms with E-state index in [1.54, 1.807) is 0 Å². The van der Waals surface area contributed by atoms with Gasteiger partial charge < -0.3 is 5.32 Å². The number of nitrogens with zero attached hydrogens (tertiary/aromatic N) is 4. The van der Waals surface area contributed by atoms with Crippen LogP contribution in [0, 0.1) is 0 Å². The molecule has 28 heavy (non-hydrogen) atoms. The maximum Gasteiger partial charge on any atom is 0.255 e. The van der Waals surface area contributed by atoms with Gasteiger partial charge in [-0.3, -0.25) is 4.79 Å². The summed E-state index contributed by atoms with van der Waals surface area (Å²) in [5.74, 6) is 0.774. The lowest BCUT2D eigenvalue weighted by Crippen LogP contribution is -2.11. The van der Waals surface area contributed by atoms with E-state index in [0.717, 1.165) is 46.3 Å². The zero-order chi connectivity index (χ0) is 19.5. The van der Waals surface area contributed by atoms with Gasteiger partial charge >= 0.3 is 0 Å². The van der Waals surface area contributed by atoms with Crippen molar-refractivity contribution in [3.63, 3.8) is 0 Å². The normalized spacial score (nSPS) is 11.1. The third-order valence-corrected chi connectivity index (χ3v) is 5.49. The number of carbonyl (C=O) groups is 1. The Morgan fingerprint density at radius 2 is 1.79 bits per heavy atom. The minimum atomic E-state index is -0.113. The molecule has 4 rings (SSSR count). The predicted octanol–water partition coefficient (Wildman–Crippen LogP) is 4.62. The topological polar surface area (TPSA) is 72.2 Å². The van der Waals surface area contributed by atoms with Crippen LogP contribution in [0.15, 0.2) is 48.5 Å². The molecule has 0 fully saturated rings. The van der Waals surface area contributed by atoms with Crippen molar-refractivity contribution in [1.82, 2.24) is 19.8 Å². The van der Waals surface area contributed by atoms with Crippen molar-refractivity contribution in [2.24, 2.45) is 0 Å². The number of amides is 1. The molecule has 2 heterocycles. The molecule has 4 aromatic rings. The van der Waals surface area contributed by atoms with Gasteiger partial charge in [0, 0.05) is 23.2 Å². The zero-order valence-electron chi connectivity index (χ0n) is 15.8. The van der Waals surface area contributed by atoms with Crippen LogP contribution in [0.3, 0.4) is 0 Å². The molecule has 0 saturated heterocycles. The van der Waals surface area contributed by atoms with Crippen molar-refractivity contribution in [1.29, 1.82) is 0 Å². The molecule has 142 valence electrons. The SMILES string of the molecule is CCCc1nnc2sc(-c3ccc(NC(=O)c4ccc(CC)cc4)cc3)nn12. The number of aromatic nitrogens is 4.